The van der Waals surface area contributed by atoms with Gasteiger partial charge in [-0.1, -0.05) is 0 Å². The van der Waals surface area contributed by atoms with Crippen molar-refractivity contribution in [1.29, 1.82) is 0 Å². The average Bonchev–Trinajstić information content (AvgIpc) is 2.37. The van der Waals surface area contributed by atoms with Crippen molar-refractivity contribution in [1.82, 2.24) is 4.90 Å². The fraction of sp³-hybridized carbons (Fsp3) is 0.385. The number of benzene rings is 1. The number of carboxylic acids is 1. The van der Waals surface area contributed by atoms with Crippen molar-refractivity contribution in [3.05, 3.63) is 35.1 Å². The smallest absolute Gasteiger partial charge is 0.308 e. The van der Waals surface area contributed by atoms with Gasteiger partial charge in [-0.05, 0) is 12.8 Å². The van der Waals surface area contributed by atoms with E-state index in [1.54, 1.807) is 0 Å². The highest BCUT2D eigenvalue weighted by atomic mass is 19.1. The molecule has 1 fully saturated rings. The maximum absolute atomic E-state index is 13.5. The van der Waals surface area contributed by atoms with Gasteiger partial charge >= 0.3 is 5.97 Å². The summed E-state index contributed by atoms with van der Waals surface area (Å²) in [5, 5.41) is 8.92. The van der Waals surface area contributed by atoms with Crippen LogP contribution in [0, 0.1) is 23.4 Å². The number of rotatable bonds is 2. The fourth-order valence-corrected chi connectivity index (χ4v) is 2.27. The Morgan fingerprint density at radius 2 is 1.80 bits per heavy atom. The van der Waals surface area contributed by atoms with E-state index in [0.29, 0.717) is 25.0 Å². The van der Waals surface area contributed by atoms with Crippen molar-refractivity contribution >= 4 is 11.9 Å². The van der Waals surface area contributed by atoms with E-state index in [1.807, 2.05) is 0 Å². The van der Waals surface area contributed by atoms with E-state index in [4.69, 9.17) is 5.11 Å². The van der Waals surface area contributed by atoms with Crippen LogP contribution in [0.3, 0.4) is 0 Å². The minimum absolute atomic E-state index is 0.107. The van der Waals surface area contributed by atoms with Gasteiger partial charge in [0.25, 0.3) is 5.91 Å². The van der Waals surface area contributed by atoms with E-state index in [0.717, 1.165) is 4.90 Å². The number of aliphatic carboxylic acids is 1. The largest absolute Gasteiger partial charge is 0.481 e. The standard InChI is InChI=1S/C13H12F3NO3/c14-8-4-9(15)11(10(16)5-8)12(18)17-3-1-2-7(6-17)13(19)20/h4-5,7H,1-3,6H2,(H,19,20)/t7-/m1/s1. The first-order chi connectivity index (χ1) is 9.40. The third-order valence-corrected chi connectivity index (χ3v) is 3.28. The molecule has 1 atom stereocenters. The van der Waals surface area contributed by atoms with Gasteiger partial charge in [0.05, 0.1) is 5.92 Å². The molecule has 1 heterocycles. The fourth-order valence-electron chi connectivity index (χ4n) is 2.27. The van der Waals surface area contributed by atoms with Gasteiger partial charge in [-0.2, -0.15) is 0 Å². The van der Waals surface area contributed by atoms with Gasteiger partial charge in [0.15, 0.2) is 0 Å². The number of likely N-dealkylation sites (tertiary alicyclic amines) is 1. The Morgan fingerprint density at radius 3 is 2.35 bits per heavy atom. The number of amides is 1. The van der Waals surface area contributed by atoms with Crippen LogP contribution in [0.25, 0.3) is 0 Å². The third kappa shape index (κ3) is 2.76. The summed E-state index contributed by atoms with van der Waals surface area (Å²) in [6, 6.07) is 0.851. The summed E-state index contributed by atoms with van der Waals surface area (Å²) >= 11 is 0. The zero-order chi connectivity index (χ0) is 14.9. The lowest BCUT2D eigenvalue weighted by Gasteiger charge is -2.30. The Kier molecular flexibility index (Phi) is 3.96. The number of nitrogens with zero attached hydrogens (tertiary/aromatic N) is 1. The van der Waals surface area contributed by atoms with Gasteiger partial charge < -0.3 is 10.0 Å². The quantitative estimate of drug-likeness (QED) is 0.905. The second-order valence-corrected chi connectivity index (χ2v) is 4.67. The Morgan fingerprint density at radius 1 is 1.20 bits per heavy atom. The summed E-state index contributed by atoms with van der Waals surface area (Å²) in [6.45, 7) is 0.114. The lowest BCUT2D eigenvalue weighted by Crippen LogP contribution is -2.42. The molecule has 0 spiro atoms. The topological polar surface area (TPSA) is 57.6 Å². The lowest BCUT2D eigenvalue weighted by atomic mass is 9.97. The summed E-state index contributed by atoms with van der Waals surface area (Å²) in [5.41, 5.74) is -0.850. The summed E-state index contributed by atoms with van der Waals surface area (Å²) < 4.78 is 39.9. The number of halogens is 3. The van der Waals surface area contributed by atoms with Gasteiger partial charge in [-0.3, -0.25) is 9.59 Å². The van der Waals surface area contributed by atoms with Crippen LogP contribution in [0.1, 0.15) is 23.2 Å². The van der Waals surface area contributed by atoms with Crippen molar-refractivity contribution in [2.24, 2.45) is 5.92 Å². The van der Waals surface area contributed by atoms with Crippen LogP contribution >= 0.6 is 0 Å². The zero-order valence-corrected chi connectivity index (χ0v) is 10.4. The van der Waals surface area contributed by atoms with Crippen LogP contribution in [-0.2, 0) is 4.79 Å². The van der Waals surface area contributed by atoms with Gasteiger partial charge in [0, 0.05) is 25.2 Å². The molecular weight excluding hydrogens is 275 g/mol. The monoisotopic (exact) mass is 287 g/mol. The number of carboxylic acid groups (broad SMARTS) is 1. The third-order valence-electron chi connectivity index (χ3n) is 3.28. The molecule has 7 heteroatoms. The molecule has 0 saturated carbocycles. The minimum atomic E-state index is -1.29. The molecule has 1 saturated heterocycles. The minimum Gasteiger partial charge on any atom is -0.481 e. The maximum Gasteiger partial charge on any atom is 0.308 e. The van der Waals surface area contributed by atoms with Crippen LogP contribution in [0.2, 0.25) is 0 Å². The highest BCUT2D eigenvalue weighted by Crippen LogP contribution is 2.22. The van der Waals surface area contributed by atoms with Crippen molar-refractivity contribution < 1.29 is 27.9 Å². The van der Waals surface area contributed by atoms with E-state index >= 15 is 0 Å². The van der Waals surface area contributed by atoms with Crippen LogP contribution < -0.4 is 0 Å². The van der Waals surface area contributed by atoms with Crippen LogP contribution in [0.15, 0.2) is 12.1 Å². The molecule has 4 nitrogen and oxygen atoms in total. The Balaban J connectivity index is 2.25. The second-order valence-electron chi connectivity index (χ2n) is 4.67. The van der Waals surface area contributed by atoms with Gasteiger partial charge in [0.1, 0.15) is 23.0 Å². The number of hydrogen-bond acceptors (Lipinski definition) is 2. The average molecular weight is 287 g/mol. The Hall–Kier alpha value is -2.05. The molecule has 1 N–H and O–H groups in total. The summed E-state index contributed by atoms with van der Waals surface area (Å²) in [6.07, 6.45) is 0.848. The van der Waals surface area contributed by atoms with Crippen LogP contribution in [0.4, 0.5) is 13.2 Å². The van der Waals surface area contributed by atoms with Gasteiger partial charge in [-0.15, -0.1) is 0 Å². The van der Waals surface area contributed by atoms with E-state index in [2.05, 4.69) is 0 Å². The summed E-state index contributed by atoms with van der Waals surface area (Å²) in [4.78, 5) is 24.0. The first-order valence-electron chi connectivity index (χ1n) is 6.06. The van der Waals surface area contributed by atoms with Crippen molar-refractivity contribution in [3.63, 3.8) is 0 Å². The predicted molar refractivity (Wildman–Crippen MR) is 62.6 cm³/mol. The molecule has 0 bridgehead atoms. The molecule has 1 aromatic carbocycles. The van der Waals surface area contributed by atoms with E-state index in [-0.39, 0.29) is 13.1 Å². The molecule has 1 aliphatic heterocycles. The van der Waals surface area contributed by atoms with Crippen molar-refractivity contribution in [2.75, 3.05) is 13.1 Å². The molecule has 2 rings (SSSR count). The van der Waals surface area contributed by atoms with Crippen molar-refractivity contribution in [2.45, 2.75) is 12.8 Å². The normalized spacial score (nSPS) is 18.9. The molecule has 0 aromatic heterocycles. The SMILES string of the molecule is O=C(O)[C@@H]1CCCN(C(=O)c2c(F)cc(F)cc2F)C1. The maximum atomic E-state index is 13.5. The Bertz CT molecular complexity index is 539. The molecule has 20 heavy (non-hydrogen) atoms. The van der Waals surface area contributed by atoms with Crippen LogP contribution in [-0.4, -0.2) is 35.0 Å². The highest BCUT2D eigenvalue weighted by molar-refractivity contribution is 5.95. The molecule has 1 amide bonds. The predicted octanol–water partition coefficient (Wildman–Crippen LogP) is 2.04. The molecular formula is C13H12F3NO3. The number of carbonyl (C=O) groups is 2. The van der Waals surface area contributed by atoms with E-state index < -0.39 is 40.8 Å². The zero-order valence-electron chi connectivity index (χ0n) is 10.4. The number of hydrogen-bond donors (Lipinski definition) is 1. The molecule has 0 aliphatic carbocycles. The van der Waals surface area contributed by atoms with Gasteiger partial charge in [0.2, 0.25) is 0 Å². The number of carbonyl (C=O) groups excluding carboxylic acids is 1. The van der Waals surface area contributed by atoms with Gasteiger partial charge in [-0.25, -0.2) is 13.2 Å². The van der Waals surface area contributed by atoms with Crippen LogP contribution in [0.5, 0.6) is 0 Å². The molecule has 108 valence electrons. The molecule has 1 aromatic rings. The lowest BCUT2D eigenvalue weighted by molar-refractivity contribution is -0.143. The summed E-state index contributed by atoms with van der Waals surface area (Å²) in [7, 11) is 0. The molecule has 0 unspecified atom stereocenters. The number of piperidine rings is 1. The first-order valence-corrected chi connectivity index (χ1v) is 6.06. The molecule has 0 radical (unpaired) electrons. The van der Waals surface area contributed by atoms with E-state index in [9.17, 15) is 22.8 Å². The Labute approximate surface area is 112 Å². The second kappa shape index (κ2) is 5.52. The van der Waals surface area contributed by atoms with Crippen molar-refractivity contribution in [3.8, 4) is 0 Å². The van der Waals surface area contributed by atoms with E-state index in [1.165, 1.54) is 0 Å². The molecule has 1 aliphatic rings. The summed E-state index contributed by atoms with van der Waals surface area (Å²) in [5.74, 6) is -6.44. The highest BCUT2D eigenvalue weighted by Gasteiger charge is 2.31. The first kappa shape index (κ1) is 14.4.